The first-order valence-corrected chi connectivity index (χ1v) is 6.92. The molecule has 2 aliphatic heterocycles. The van der Waals surface area contributed by atoms with E-state index in [0.717, 1.165) is 13.1 Å². The van der Waals surface area contributed by atoms with E-state index >= 15 is 0 Å². The summed E-state index contributed by atoms with van der Waals surface area (Å²) in [6, 6.07) is 3.12. The Balaban J connectivity index is 1.76. The second-order valence-electron chi connectivity index (χ2n) is 5.14. The molecular formula is C13H22N4O. The van der Waals surface area contributed by atoms with E-state index < -0.39 is 0 Å². The molecule has 0 aliphatic carbocycles. The topological polar surface area (TPSA) is 68.2 Å². The summed E-state index contributed by atoms with van der Waals surface area (Å²) in [7, 11) is 0. The number of nitrogens with one attached hydrogen (secondary N) is 2. The Kier molecular flexibility index (Phi) is 4.97. The number of hydrogen-bond donors (Lipinski definition) is 2. The van der Waals surface area contributed by atoms with Crippen LogP contribution in [0.15, 0.2) is 0 Å². The van der Waals surface area contributed by atoms with Gasteiger partial charge in [0.15, 0.2) is 0 Å². The highest BCUT2D eigenvalue weighted by Crippen LogP contribution is 2.24. The van der Waals surface area contributed by atoms with Gasteiger partial charge < -0.3 is 10.6 Å². The summed E-state index contributed by atoms with van der Waals surface area (Å²) in [4.78, 5) is 14.0. The van der Waals surface area contributed by atoms with Gasteiger partial charge in [0.2, 0.25) is 5.91 Å². The van der Waals surface area contributed by atoms with Gasteiger partial charge in [0.25, 0.3) is 0 Å². The molecule has 0 radical (unpaired) electrons. The molecule has 2 N–H and O–H groups in total. The van der Waals surface area contributed by atoms with Crippen molar-refractivity contribution in [3.63, 3.8) is 0 Å². The third kappa shape index (κ3) is 3.44. The molecule has 18 heavy (non-hydrogen) atoms. The number of nitriles is 1. The van der Waals surface area contributed by atoms with Crippen LogP contribution < -0.4 is 10.6 Å². The van der Waals surface area contributed by atoms with Crippen molar-refractivity contribution < 1.29 is 4.79 Å². The Morgan fingerprint density at radius 1 is 1.44 bits per heavy atom. The van der Waals surface area contributed by atoms with E-state index in [2.05, 4.69) is 15.5 Å². The summed E-state index contributed by atoms with van der Waals surface area (Å²) in [5, 5.41) is 14.8. The first-order valence-electron chi connectivity index (χ1n) is 6.92. The molecule has 100 valence electrons. The van der Waals surface area contributed by atoms with Crippen molar-refractivity contribution in [1.29, 1.82) is 5.26 Å². The maximum absolute atomic E-state index is 11.8. The number of amides is 1. The monoisotopic (exact) mass is 250 g/mol. The van der Waals surface area contributed by atoms with Crippen LogP contribution in [0.4, 0.5) is 0 Å². The molecule has 5 nitrogen and oxygen atoms in total. The molecule has 2 fully saturated rings. The highest BCUT2D eigenvalue weighted by atomic mass is 16.2. The number of carbonyl (C=O) groups is 1. The lowest BCUT2D eigenvalue weighted by Crippen LogP contribution is -2.47. The molecule has 0 aromatic rings. The van der Waals surface area contributed by atoms with E-state index in [-0.39, 0.29) is 5.91 Å². The summed E-state index contributed by atoms with van der Waals surface area (Å²) in [5.41, 5.74) is 0. The molecule has 1 amide bonds. The van der Waals surface area contributed by atoms with Crippen LogP contribution in [0.5, 0.6) is 0 Å². The second kappa shape index (κ2) is 6.72. The van der Waals surface area contributed by atoms with Crippen LogP contribution in [-0.4, -0.2) is 49.1 Å². The molecule has 0 aromatic heterocycles. The van der Waals surface area contributed by atoms with Gasteiger partial charge in [0.1, 0.15) is 0 Å². The van der Waals surface area contributed by atoms with Crippen LogP contribution in [0.2, 0.25) is 0 Å². The van der Waals surface area contributed by atoms with Crippen LogP contribution in [0.25, 0.3) is 0 Å². The smallest absolute Gasteiger partial charge is 0.234 e. The largest absolute Gasteiger partial charge is 0.354 e. The Labute approximate surface area is 109 Å². The highest BCUT2D eigenvalue weighted by molar-refractivity contribution is 5.78. The molecule has 2 rings (SSSR count). The van der Waals surface area contributed by atoms with Gasteiger partial charge in [0, 0.05) is 18.6 Å². The van der Waals surface area contributed by atoms with Gasteiger partial charge in [0.05, 0.1) is 19.0 Å². The van der Waals surface area contributed by atoms with Gasteiger partial charge >= 0.3 is 0 Å². The predicted molar refractivity (Wildman–Crippen MR) is 68.9 cm³/mol. The van der Waals surface area contributed by atoms with Crippen LogP contribution in [0.1, 0.15) is 32.1 Å². The lowest BCUT2D eigenvalue weighted by Gasteiger charge is -2.28. The zero-order valence-corrected chi connectivity index (χ0v) is 10.8. The van der Waals surface area contributed by atoms with E-state index in [1.54, 1.807) is 0 Å². The maximum Gasteiger partial charge on any atom is 0.234 e. The van der Waals surface area contributed by atoms with E-state index in [4.69, 9.17) is 5.26 Å². The quantitative estimate of drug-likeness (QED) is 0.686. The summed E-state index contributed by atoms with van der Waals surface area (Å²) in [5.74, 6) is 0.0511. The number of nitrogens with zero attached hydrogens (tertiary/aromatic N) is 2. The summed E-state index contributed by atoms with van der Waals surface area (Å²) >= 11 is 0. The molecule has 5 heteroatoms. The number of rotatable bonds is 5. The molecule has 0 bridgehead atoms. The van der Waals surface area contributed by atoms with E-state index in [9.17, 15) is 4.79 Å². The molecule has 0 saturated carbocycles. The molecule has 2 unspecified atom stereocenters. The average molecular weight is 250 g/mol. The molecule has 2 aliphatic rings. The van der Waals surface area contributed by atoms with Crippen LogP contribution in [-0.2, 0) is 4.79 Å². The fourth-order valence-electron chi connectivity index (χ4n) is 3.04. The van der Waals surface area contributed by atoms with Gasteiger partial charge in [-0.15, -0.1) is 0 Å². The van der Waals surface area contributed by atoms with Crippen molar-refractivity contribution >= 4 is 5.91 Å². The van der Waals surface area contributed by atoms with Gasteiger partial charge in [-0.1, -0.05) is 0 Å². The number of carbonyl (C=O) groups excluding carboxylic acids is 1. The molecular weight excluding hydrogens is 228 g/mol. The zero-order valence-electron chi connectivity index (χ0n) is 10.8. The minimum absolute atomic E-state index is 0.0511. The highest BCUT2D eigenvalue weighted by Gasteiger charge is 2.33. The summed E-state index contributed by atoms with van der Waals surface area (Å²) < 4.78 is 0. The predicted octanol–water partition coefficient (Wildman–Crippen LogP) is 0.233. The SMILES string of the molecule is N#CCCNC(=O)CN1CCCC1C1CCCN1. The Morgan fingerprint density at radius 2 is 2.33 bits per heavy atom. The Hall–Kier alpha value is -1.12. The molecule has 0 aromatic carbocycles. The molecule has 0 spiro atoms. The minimum Gasteiger partial charge on any atom is -0.354 e. The average Bonchev–Trinajstić information content (AvgIpc) is 2.99. The fourth-order valence-corrected chi connectivity index (χ4v) is 3.04. The fraction of sp³-hybridized carbons (Fsp3) is 0.846. The van der Waals surface area contributed by atoms with Crippen molar-refractivity contribution in [2.45, 2.75) is 44.2 Å². The third-order valence-corrected chi connectivity index (χ3v) is 3.88. The Bertz CT molecular complexity index is 319. The van der Waals surface area contributed by atoms with Gasteiger partial charge in [-0.3, -0.25) is 9.69 Å². The summed E-state index contributed by atoms with van der Waals surface area (Å²) in [6.07, 6.45) is 5.26. The summed E-state index contributed by atoms with van der Waals surface area (Å²) in [6.45, 7) is 3.09. The van der Waals surface area contributed by atoms with Crippen LogP contribution in [0.3, 0.4) is 0 Å². The first-order chi connectivity index (χ1) is 8.81. The van der Waals surface area contributed by atoms with Crippen molar-refractivity contribution in [2.75, 3.05) is 26.2 Å². The van der Waals surface area contributed by atoms with Crippen molar-refractivity contribution in [2.24, 2.45) is 0 Å². The molecule has 2 saturated heterocycles. The lowest BCUT2D eigenvalue weighted by molar-refractivity contribution is -0.122. The van der Waals surface area contributed by atoms with Gasteiger partial charge in [-0.2, -0.15) is 5.26 Å². The lowest BCUT2D eigenvalue weighted by atomic mass is 10.0. The van der Waals surface area contributed by atoms with Crippen molar-refractivity contribution in [3.8, 4) is 6.07 Å². The van der Waals surface area contributed by atoms with Crippen LogP contribution in [0, 0.1) is 11.3 Å². The first kappa shape index (κ1) is 13.3. The van der Waals surface area contributed by atoms with E-state index in [1.807, 2.05) is 6.07 Å². The normalized spacial score (nSPS) is 28.2. The Morgan fingerprint density at radius 3 is 3.06 bits per heavy atom. The van der Waals surface area contributed by atoms with Crippen molar-refractivity contribution in [1.82, 2.24) is 15.5 Å². The van der Waals surface area contributed by atoms with E-state index in [1.165, 1.54) is 25.7 Å². The third-order valence-electron chi connectivity index (χ3n) is 3.88. The molecule has 2 atom stereocenters. The second-order valence-corrected chi connectivity index (χ2v) is 5.14. The zero-order chi connectivity index (χ0) is 12.8. The van der Waals surface area contributed by atoms with Crippen LogP contribution >= 0.6 is 0 Å². The molecule has 2 heterocycles. The maximum atomic E-state index is 11.8. The number of hydrogen-bond acceptors (Lipinski definition) is 4. The number of likely N-dealkylation sites (tertiary alicyclic amines) is 1. The van der Waals surface area contributed by atoms with E-state index in [0.29, 0.717) is 31.6 Å². The van der Waals surface area contributed by atoms with Gasteiger partial charge in [-0.25, -0.2) is 0 Å². The standard InChI is InChI=1S/C13H22N4O/c14-6-3-8-16-13(18)10-17-9-2-5-12(17)11-4-1-7-15-11/h11-12,15H,1-5,7-10H2,(H,16,18). The minimum atomic E-state index is 0.0511. The van der Waals surface area contributed by atoms with Gasteiger partial charge in [-0.05, 0) is 38.8 Å². The van der Waals surface area contributed by atoms with Crippen molar-refractivity contribution in [3.05, 3.63) is 0 Å².